The van der Waals surface area contributed by atoms with Gasteiger partial charge in [0.05, 0.1) is 5.52 Å². The fraction of sp³-hybridized carbons (Fsp3) is 0.438. The molecule has 0 unspecified atom stereocenters. The van der Waals surface area contributed by atoms with Crippen molar-refractivity contribution in [3.63, 3.8) is 0 Å². The lowest BCUT2D eigenvalue weighted by atomic mass is 10.1. The molecule has 100 valence electrons. The summed E-state index contributed by atoms with van der Waals surface area (Å²) in [6, 6.07) is 10.6. The van der Waals surface area contributed by atoms with Crippen molar-refractivity contribution in [1.82, 2.24) is 4.98 Å². The minimum absolute atomic E-state index is 0.681. The maximum Gasteiger partial charge on any atom is 0.132 e. The van der Waals surface area contributed by atoms with E-state index in [2.05, 4.69) is 35.2 Å². The highest BCUT2D eigenvalue weighted by Gasteiger charge is 2.16. The molecule has 0 atom stereocenters. The first-order valence-corrected chi connectivity index (χ1v) is 7.22. The second kappa shape index (κ2) is 5.57. The predicted molar refractivity (Wildman–Crippen MR) is 80.6 cm³/mol. The van der Waals surface area contributed by atoms with Crippen LogP contribution in [-0.2, 0) is 6.42 Å². The van der Waals surface area contributed by atoms with Gasteiger partial charge in [0.2, 0.25) is 0 Å². The maximum absolute atomic E-state index is 5.76. The summed E-state index contributed by atoms with van der Waals surface area (Å²) in [6.45, 7) is 2.94. The normalized spacial score (nSPS) is 15.9. The molecule has 3 nitrogen and oxygen atoms in total. The van der Waals surface area contributed by atoms with E-state index in [1.165, 1.54) is 30.2 Å². The summed E-state index contributed by atoms with van der Waals surface area (Å²) in [4.78, 5) is 7.32. The van der Waals surface area contributed by atoms with Crippen molar-refractivity contribution in [3.05, 3.63) is 35.9 Å². The van der Waals surface area contributed by atoms with Crippen LogP contribution in [0.1, 0.15) is 24.8 Å². The van der Waals surface area contributed by atoms with Crippen molar-refractivity contribution in [2.75, 3.05) is 24.5 Å². The molecule has 0 aliphatic carbocycles. The molecular weight excluding hydrogens is 234 g/mol. The third-order valence-corrected chi connectivity index (χ3v) is 3.85. The molecule has 1 aromatic carbocycles. The number of piperidine rings is 1. The van der Waals surface area contributed by atoms with Crippen LogP contribution in [0.5, 0.6) is 0 Å². The number of rotatable bonds is 3. The number of hydrogen-bond acceptors (Lipinski definition) is 3. The number of fused-ring (bicyclic) bond motifs is 1. The topological polar surface area (TPSA) is 42.1 Å². The number of benzene rings is 1. The van der Waals surface area contributed by atoms with Gasteiger partial charge in [-0.25, -0.2) is 4.98 Å². The zero-order valence-corrected chi connectivity index (χ0v) is 11.3. The van der Waals surface area contributed by atoms with Crippen molar-refractivity contribution in [2.45, 2.75) is 25.7 Å². The average Bonchev–Trinajstić information content (AvgIpc) is 2.48. The van der Waals surface area contributed by atoms with E-state index in [1.54, 1.807) is 0 Å². The van der Waals surface area contributed by atoms with Gasteiger partial charge in [-0.3, -0.25) is 0 Å². The van der Waals surface area contributed by atoms with Gasteiger partial charge < -0.3 is 10.6 Å². The van der Waals surface area contributed by atoms with Crippen LogP contribution in [0.15, 0.2) is 30.3 Å². The van der Waals surface area contributed by atoms with Crippen LogP contribution in [-0.4, -0.2) is 24.6 Å². The van der Waals surface area contributed by atoms with Gasteiger partial charge in [0.1, 0.15) is 5.82 Å². The summed E-state index contributed by atoms with van der Waals surface area (Å²) in [5.74, 6) is 1.16. The molecule has 1 aromatic heterocycles. The minimum atomic E-state index is 0.681. The fourth-order valence-electron chi connectivity index (χ4n) is 2.87. The third kappa shape index (κ3) is 2.56. The summed E-state index contributed by atoms with van der Waals surface area (Å²) >= 11 is 0. The standard InChI is InChI=1S/C16H21N3/c17-9-8-14-12-13-6-2-3-7-15(13)18-16(14)19-10-4-1-5-11-19/h2-3,6-7,12H,1,4-5,8-11,17H2. The Hall–Kier alpha value is -1.61. The van der Waals surface area contributed by atoms with Gasteiger partial charge in [-0.2, -0.15) is 0 Å². The van der Waals surface area contributed by atoms with Crippen molar-refractivity contribution in [3.8, 4) is 0 Å². The Kier molecular flexibility index (Phi) is 3.65. The molecule has 1 aliphatic rings. The van der Waals surface area contributed by atoms with Crippen molar-refractivity contribution < 1.29 is 0 Å². The lowest BCUT2D eigenvalue weighted by molar-refractivity contribution is 0.572. The highest BCUT2D eigenvalue weighted by molar-refractivity contribution is 5.81. The molecular formula is C16H21N3. The Morgan fingerprint density at radius 2 is 1.89 bits per heavy atom. The summed E-state index contributed by atoms with van der Waals surface area (Å²) in [5.41, 5.74) is 8.14. The van der Waals surface area contributed by atoms with E-state index in [1.807, 2.05) is 0 Å². The fourth-order valence-corrected chi connectivity index (χ4v) is 2.87. The van der Waals surface area contributed by atoms with Gasteiger partial charge in [0, 0.05) is 18.5 Å². The van der Waals surface area contributed by atoms with Crippen LogP contribution >= 0.6 is 0 Å². The first-order valence-electron chi connectivity index (χ1n) is 7.22. The Morgan fingerprint density at radius 1 is 1.11 bits per heavy atom. The molecule has 0 saturated carbocycles. The molecule has 2 N–H and O–H groups in total. The first kappa shape index (κ1) is 12.4. The molecule has 1 aliphatic heterocycles. The maximum atomic E-state index is 5.76. The van der Waals surface area contributed by atoms with Crippen molar-refractivity contribution in [2.24, 2.45) is 5.73 Å². The SMILES string of the molecule is NCCc1cc2ccccc2nc1N1CCCCC1. The zero-order valence-electron chi connectivity index (χ0n) is 11.3. The summed E-state index contributed by atoms with van der Waals surface area (Å²) < 4.78 is 0. The van der Waals surface area contributed by atoms with Crippen LogP contribution < -0.4 is 10.6 Å². The Morgan fingerprint density at radius 3 is 2.68 bits per heavy atom. The average molecular weight is 255 g/mol. The van der Waals surface area contributed by atoms with E-state index >= 15 is 0 Å². The van der Waals surface area contributed by atoms with Crippen molar-refractivity contribution in [1.29, 1.82) is 0 Å². The second-order valence-electron chi connectivity index (χ2n) is 5.25. The molecule has 19 heavy (non-hydrogen) atoms. The number of anilines is 1. The van der Waals surface area contributed by atoms with E-state index in [0.717, 1.165) is 30.8 Å². The van der Waals surface area contributed by atoms with Gasteiger partial charge >= 0.3 is 0 Å². The number of aromatic nitrogens is 1. The first-order chi connectivity index (χ1) is 9.38. The molecule has 0 spiro atoms. The van der Waals surface area contributed by atoms with E-state index in [0.29, 0.717) is 6.54 Å². The summed E-state index contributed by atoms with van der Waals surface area (Å²) in [5, 5.41) is 1.21. The van der Waals surface area contributed by atoms with Gasteiger partial charge in [0.15, 0.2) is 0 Å². The number of nitrogens with zero attached hydrogens (tertiary/aromatic N) is 2. The quantitative estimate of drug-likeness (QED) is 0.917. The third-order valence-electron chi connectivity index (χ3n) is 3.85. The number of hydrogen-bond donors (Lipinski definition) is 1. The van der Waals surface area contributed by atoms with E-state index in [-0.39, 0.29) is 0 Å². The van der Waals surface area contributed by atoms with Crippen LogP contribution in [0.2, 0.25) is 0 Å². The lowest BCUT2D eigenvalue weighted by Gasteiger charge is -2.29. The largest absolute Gasteiger partial charge is 0.356 e. The molecule has 3 heteroatoms. The Balaban J connectivity index is 2.05. The van der Waals surface area contributed by atoms with Crippen molar-refractivity contribution >= 4 is 16.7 Å². The molecule has 1 fully saturated rings. The monoisotopic (exact) mass is 255 g/mol. The van der Waals surface area contributed by atoms with Crippen LogP contribution in [0.3, 0.4) is 0 Å². The van der Waals surface area contributed by atoms with E-state index < -0.39 is 0 Å². The van der Waals surface area contributed by atoms with Crippen LogP contribution in [0.25, 0.3) is 10.9 Å². The van der Waals surface area contributed by atoms with E-state index in [4.69, 9.17) is 10.7 Å². The Labute approximate surface area is 114 Å². The second-order valence-corrected chi connectivity index (χ2v) is 5.25. The van der Waals surface area contributed by atoms with Gasteiger partial charge in [-0.15, -0.1) is 0 Å². The molecule has 1 saturated heterocycles. The lowest BCUT2D eigenvalue weighted by Crippen LogP contribution is -2.31. The molecule has 2 aromatic rings. The van der Waals surface area contributed by atoms with Gasteiger partial charge in [-0.05, 0) is 49.9 Å². The summed E-state index contributed by atoms with van der Waals surface area (Å²) in [7, 11) is 0. The Bertz CT molecular complexity index is 559. The highest BCUT2D eigenvalue weighted by Crippen LogP contribution is 2.26. The smallest absolute Gasteiger partial charge is 0.132 e. The molecule has 0 bridgehead atoms. The molecule has 2 heterocycles. The summed E-state index contributed by atoms with van der Waals surface area (Å²) in [6.07, 6.45) is 4.80. The minimum Gasteiger partial charge on any atom is -0.356 e. The molecule has 0 amide bonds. The number of nitrogens with two attached hydrogens (primary N) is 1. The number of para-hydroxylation sites is 1. The number of pyridine rings is 1. The van der Waals surface area contributed by atoms with E-state index in [9.17, 15) is 0 Å². The van der Waals surface area contributed by atoms with Crippen LogP contribution in [0.4, 0.5) is 5.82 Å². The van der Waals surface area contributed by atoms with Gasteiger partial charge in [-0.1, -0.05) is 18.2 Å². The van der Waals surface area contributed by atoms with Crippen LogP contribution in [0, 0.1) is 0 Å². The zero-order chi connectivity index (χ0) is 13.1. The molecule has 0 radical (unpaired) electrons. The van der Waals surface area contributed by atoms with Gasteiger partial charge in [0.25, 0.3) is 0 Å². The highest BCUT2D eigenvalue weighted by atomic mass is 15.2. The predicted octanol–water partition coefficient (Wildman–Crippen LogP) is 2.73. The molecule has 3 rings (SSSR count).